The molecule has 0 amide bonds. The highest BCUT2D eigenvalue weighted by Crippen LogP contribution is 2.45. The zero-order chi connectivity index (χ0) is 26.7. The first kappa shape index (κ1) is 26.0. The molecule has 2 nitrogen and oxygen atoms in total. The van der Waals surface area contributed by atoms with Crippen molar-refractivity contribution in [2.24, 2.45) is 0 Å². The maximum Gasteiger partial charge on any atom is 0.185 e. The summed E-state index contributed by atoms with van der Waals surface area (Å²) >= 11 is 5.52. The minimum absolute atomic E-state index is 0.184. The van der Waals surface area contributed by atoms with Gasteiger partial charge in [-0.2, -0.15) is 0 Å². The lowest BCUT2D eigenvalue weighted by molar-refractivity contribution is 0.161. The Morgan fingerprint density at radius 3 is 1.87 bits per heavy atom. The van der Waals surface area contributed by atoms with E-state index in [0.29, 0.717) is 5.56 Å². The van der Waals surface area contributed by atoms with E-state index < -0.39 is 5.60 Å². The fourth-order valence-electron chi connectivity index (χ4n) is 5.48. The van der Waals surface area contributed by atoms with Crippen LogP contribution in [0.2, 0.25) is 0 Å². The van der Waals surface area contributed by atoms with E-state index in [1.54, 1.807) is 17.4 Å². The van der Waals surface area contributed by atoms with Crippen LogP contribution in [0.5, 0.6) is 5.06 Å². The Hall–Kier alpha value is -3.25. The quantitative estimate of drug-likeness (QED) is 0.105. The Kier molecular flexibility index (Phi) is 7.64. The topological polar surface area (TPSA) is 12.5 Å². The summed E-state index contributed by atoms with van der Waals surface area (Å²) in [7, 11) is 0. The van der Waals surface area contributed by atoms with Gasteiger partial charge in [0.1, 0.15) is 5.82 Å². The number of ether oxygens (including phenoxy) is 1. The van der Waals surface area contributed by atoms with Gasteiger partial charge in [-0.15, -0.1) is 11.3 Å². The summed E-state index contributed by atoms with van der Waals surface area (Å²) in [5.41, 5.74) is 4.34. The van der Waals surface area contributed by atoms with Crippen LogP contribution in [0, 0.1) is 5.82 Å². The van der Waals surface area contributed by atoms with Crippen LogP contribution >= 0.6 is 27.3 Å². The van der Waals surface area contributed by atoms with Crippen LogP contribution in [-0.4, -0.2) is 11.4 Å². The molecule has 1 aliphatic heterocycles. The summed E-state index contributed by atoms with van der Waals surface area (Å²) < 4.78 is 21.8. The van der Waals surface area contributed by atoms with Gasteiger partial charge in [0, 0.05) is 40.2 Å². The summed E-state index contributed by atoms with van der Waals surface area (Å²) in [6.45, 7) is 1.62. The first-order valence-electron chi connectivity index (χ1n) is 13.2. The molecule has 0 bridgehead atoms. The number of fused-ring (bicyclic) bond motifs is 1. The molecule has 1 aromatic heterocycles. The maximum absolute atomic E-state index is 14.6. The zero-order valence-corrected chi connectivity index (χ0v) is 23.9. The summed E-state index contributed by atoms with van der Waals surface area (Å²) in [6.07, 6.45) is 1.98. The smallest absolute Gasteiger partial charge is 0.185 e. The van der Waals surface area contributed by atoms with Gasteiger partial charge in [-0.1, -0.05) is 125 Å². The number of hydrogen-bond donors (Lipinski definition) is 0. The van der Waals surface area contributed by atoms with E-state index >= 15 is 0 Å². The van der Waals surface area contributed by atoms with E-state index in [-0.39, 0.29) is 10.8 Å². The molecule has 196 valence electrons. The fraction of sp³-hybridized carbons (Fsp3) is 0.176. The van der Waals surface area contributed by atoms with Crippen molar-refractivity contribution < 1.29 is 9.13 Å². The van der Waals surface area contributed by atoms with Crippen LogP contribution in [0.1, 0.15) is 44.1 Å². The lowest BCUT2D eigenvalue weighted by Gasteiger charge is -2.35. The molecule has 1 unspecified atom stereocenters. The van der Waals surface area contributed by atoms with Gasteiger partial charge >= 0.3 is 0 Å². The van der Waals surface area contributed by atoms with Gasteiger partial charge in [0.05, 0.1) is 4.95 Å². The minimum atomic E-state index is -0.807. The highest BCUT2D eigenvalue weighted by atomic mass is 79.9. The van der Waals surface area contributed by atoms with Gasteiger partial charge in [0.2, 0.25) is 0 Å². The van der Waals surface area contributed by atoms with E-state index in [1.165, 1.54) is 16.5 Å². The molecule has 1 aliphatic rings. The van der Waals surface area contributed by atoms with E-state index in [4.69, 9.17) is 4.74 Å². The monoisotopic (exact) mass is 597 g/mol. The van der Waals surface area contributed by atoms with Crippen LogP contribution in [0.15, 0.2) is 121 Å². The summed E-state index contributed by atoms with van der Waals surface area (Å²) in [6, 6.07) is 40.6. The van der Waals surface area contributed by atoms with Crippen molar-refractivity contribution in [3.63, 3.8) is 0 Å². The maximum atomic E-state index is 14.6. The molecule has 0 spiro atoms. The molecule has 0 radical (unpaired) electrons. The standard InChI is InChI=1S/C34H29BrFNOS/c35-33(29-19-10-11-20-30(29)36)37-22-12-21-31-25(24-37)23-32(39-31)38-34(26-13-4-1-5-14-26,27-15-6-2-7-16-27)28-17-8-3-9-18-28/h1-11,13-20,23,33H,12,21-22,24H2. The molecule has 4 aromatic carbocycles. The SMILES string of the molecule is Fc1ccccc1C(Br)N1CCCc2sc(OC(c3ccccc3)(c3ccccc3)c3ccccc3)cc2C1. The van der Waals surface area contributed by atoms with Crippen LogP contribution in [0.25, 0.3) is 0 Å². The van der Waals surface area contributed by atoms with E-state index in [1.807, 2.05) is 30.3 Å². The second kappa shape index (κ2) is 11.5. The summed E-state index contributed by atoms with van der Waals surface area (Å²) in [5, 5.41) is 0.885. The molecule has 2 heterocycles. The fourth-order valence-corrected chi connectivity index (χ4v) is 7.31. The first-order chi connectivity index (χ1) is 19.1. The highest BCUT2D eigenvalue weighted by Gasteiger charge is 2.39. The largest absolute Gasteiger partial charge is 0.463 e. The van der Waals surface area contributed by atoms with E-state index in [2.05, 4.69) is 99.7 Å². The minimum Gasteiger partial charge on any atom is -0.463 e. The van der Waals surface area contributed by atoms with Gasteiger partial charge < -0.3 is 4.74 Å². The molecule has 39 heavy (non-hydrogen) atoms. The molecule has 6 rings (SSSR count). The summed E-state index contributed by atoms with van der Waals surface area (Å²) in [4.78, 5) is 3.45. The van der Waals surface area contributed by atoms with Gasteiger partial charge in [0.25, 0.3) is 0 Å². The van der Waals surface area contributed by atoms with Crippen LogP contribution < -0.4 is 4.74 Å². The Morgan fingerprint density at radius 1 is 0.769 bits per heavy atom. The molecule has 5 aromatic rings. The predicted molar refractivity (Wildman–Crippen MR) is 161 cm³/mol. The number of benzene rings is 4. The number of alkyl halides is 1. The lowest BCUT2D eigenvalue weighted by Crippen LogP contribution is -2.35. The molecule has 0 saturated heterocycles. The Morgan fingerprint density at radius 2 is 1.31 bits per heavy atom. The molecule has 0 fully saturated rings. The summed E-state index contributed by atoms with van der Waals surface area (Å²) in [5.74, 6) is -0.184. The normalized spacial score (nSPS) is 14.8. The third kappa shape index (κ3) is 5.19. The number of hydrogen-bond acceptors (Lipinski definition) is 3. The number of nitrogens with zero attached hydrogens (tertiary/aromatic N) is 1. The van der Waals surface area contributed by atoms with Crippen molar-refractivity contribution in [2.75, 3.05) is 6.54 Å². The zero-order valence-electron chi connectivity index (χ0n) is 21.5. The van der Waals surface area contributed by atoms with Crippen molar-refractivity contribution in [2.45, 2.75) is 29.9 Å². The molecule has 0 saturated carbocycles. The second-order valence-electron chi connectivity index (χ2n) is 9.83. The molecule has 0 N–H and O–H groups in total. The Bertz CT molecular complexity index is 1430. The van der Waals surface area contributed by atoms with Gasteiger partial charge in [-0.05, 0) is 30.5 Å². The molecule has 5 heteroatoms. The van der Waals surface area contributed by atoms with E-state index in [0.717, 1.165) is 47.7 Å². The van der Waals surface area contributed by atoms with Crippen LogP contribution in [-0.2, 0) is 18.6 Å². The lowest BCUT2D eigenvalue weighted by atomic mass is 9.80. The van der Waals surface area contributed by atoms with Crippen LogP contribution in [0.3, 0.4) is 0 Å². The van der Waals surface area contributed by atoms with Gasteiger partial charge in [-0.3, -0.25) is 4.90 Å². The number of halogens is 2. The van der Waals surface area contributed by atoms with Gasteiger partial charge in [0.15, 0.2) is 10.7 Å². The highest BCUT2D eigenvalue weighted by molar-refractivity contribution is 9.09. The molecule has 1 atom stereocenters. The Balaban J connectivity index is 1.40. The molecule has 0 aliphatic carbocycles. The van der Waals surface area contributed by atoms with Gasteiger partial charge in [-0.25, -0.2) is 4.39 Å². The van der Waals surface area contributed by atoms with Crippen molar-refractivity contribution >= 4 is 27.3 Å². The van der Waals surface area contributed by atoms with Crippen molar-refractivity contribution in [1.29, 1.82) is 0 Å². The van der Waals surface area contributed by atoms with Crippen molar-refractivity contribution in [3.8, 4) is 5.06 Å². The van der Waals surface area contributed by atoms with Crippen molar-refractivity contribution in [3.05, 3.63) is 160 Å². The second-order valence-corrected chi connectivity index (χ2v) is 11.8. The number of rotatable bonds is 7. The molecular formula is C34H29BrFNOS. The average Bonchev–Trinajstić information content (AvgIpc) is 3.26. The predicted octanol–water partition coefficient (Wildman–Crippen LogP) is 9.10. The number of thiophene rings is 1. The Labute approximate surface area is 241 Å². The third-order valence-corrected chi connectivity index (χ3v) is 9.56. The average molecular weight is 599 g/mol. The number of aryl methyl sites for hydroxylation is 1. The third-order valence-electron chi connectivity index (χ3n) is 7.37. The van der Waals surface area contributed by atoms with Crippen LogP contribution in [0.4, 0.5) is 4.39 Å². The van der Waals surface area contributed by atoms with Crippen molar-refractivity contribution in [1.82, 2.24) is 4.90 Å². The van der Waals surface area contributed by atoms with E-state index in [9.17, 15) is 4.39 Å². The molecular weight excluding hydrogens is 569 g/mol. The first-order valence-corrected chi connectivity index (χ1v) is 15.0.